The van der Waals surface area contributed by atoms with Gasteiger partial charge in [-0.25, -0.2) is 4.39 Å². The van der Waals surface area contributed by atoms with Crippen LogP contribution in [0.4, 0.5) is 4.39 Å². The Kier molecular flexibility index (Phi) is 5.33. The molecule has 0 saturated carbocycles. The Morgan fingerprint density at radius 3 is 2.34 bits per heavy atom. The summed E-state index contributed by atoms with van der Waals surface area (Å²) in [6, 6.07) is 12.3. The molecule has 1 saturated heterocycles. The highest BCUT2D eigenvalue weighted by atomic mass is 19.1. The molecule has 4 rings (SSSR count). The number of ether oxygens (including phenoxy) is 1. The van der Waals surface area contributed by atoms with Gasteiger partial charge in [0.1, 0.15) is 11.6 Å². The molecule has 3 aromatic rings. The Bertz CT molecular complexity index is 980. The van der Waals surface area contributed by atoms with E-state index in [4.69, 9.17) is 9.15 Å². The van der Waals surface area contributed by atoms with E-state index >= 15 is 0 Å². The van der Waals surface area contributed by atoms with Gasteiger partial charge in [0, 0.05) is 24.2 Å². The van der Waals surface area contributed by atoms with E-state index in [0.29, 0.717) is 43.1 Å². The SMILES string of the molecule is O=C(Oc1ccc(-c2nnco2)cc1)C1CCN(C(=O)c2ccc(F)cc2)CC1. The van der Waals surface area contributed by atoms with E-state index in [1.165, 1.54) is 30.7 Å². The summed E-state index contributed by atoms with van der Waals surface area (Å²) < 4.78 is 23.6. The van der Waals surface area contributed by atoms with Crippen LogP contribution in [0.3, 0.4) is 0 Å². The maximum absolute atomic E-state index is 13.0. The van der Waals surface area contributed by atoms with Crippen molar-refractivity contribution in [3.63, 3.8) is 0 Å². The predicted molar refractivity (Wildman–Crippen MR) is 100 cm³/mol. The number of halogens is 1. The van der Waals surface area contributed by atoms with Crippen LogP contribution in [-0.2, 0) is 4.79 Å². The molecule has 0 aliphatic carbocycles. The Morgan fingerprint density at radius 1 is 1.03 bits per heavy atom. The molecule has 29 heavy (non-hydrogen) atoms. The summed E-state index contributed by atoms with van der Waals surface area (Å²) in [5, 5.41) is 7.45. The third kappa shape index (κ3) is 4.31. The highest BCUT2D eigenvalue weighted by Crippen LogP contribution is 2.24. The maximum Gasteiger partial charge on any atom is 0.314 e. The Labute approximate surface area is 166 Å². The Balaban J connectivity index is 1.31. The van der Waals surface area contributed by atoms with Crippen molar-refractivity contribution in [2.45, 2.75) is 12.8 Å². The van der Waals surface area contributed by atoms with E-state index in [-0.39, 0.29) is 23.6 Å². The molecule has 2 aromatic carbocycles. The number of aromatic nitrogens is 2. The van der Waals surface area contributed by atoms with Crippen molar-refractivity contribution in [3.05, 3.63) is 66.3 Å². The molecule has 148 valence electrons. The van der Waals surface area contributed by atoms with Gasteiger partial charge in [-0.05, 0) is 61.4 Å². The van der Waals surface area contributed by atoms with Gasteiger partial charge in [0.15, 0.2) is 0 Å². The zero-order chi connectivity index (χ0) is 20.2. The van der Waals surface area contributed by atoms with E-state index in [2.05, 4.69) is 10.2 Å². The van der Waals surface area contributed by atoms with Gasteiger partial charge in [0.05, 0.1) is 5.92 Å². The average molecular weight is 395 g/mol. The molecule has 2 heterocycles. The standard InChI is InChI=1S/C21H18FN3O4/c22-17-5-1-15(2-6-17)20(26)25-11-9-16(10-12-25)21(27)29-18-7-3-14(4-8-18)19-24-23-13-28-19/h1-8,13,16H,9-12H2. The second-order valence-electron chi connectivity index (χ2n) is 6.76. The molecule has 0 N–H and O–H groups in total. The van der Waals surface area contributed by atoms with Crippen LogP contribution in [-0.4, -0.2) is 40.1 Å². The molecule has 0 unspecified atom stereocenters. The number of nitrogens with zero attached hydrogens (tertiary/aromatic N) is 3. The summed E-state index contributed by atoms with van der Waals surface area (Å²) in [4.78, 5) is 26.6. The second kappa shape index (κ2) is 8.22. The van der Waals surface area contributed by atoms with Crippen molar-refractivity contribution >= 4 is 11.9 Å². The lowest BCUT2D eigenvalue weighted by Gasteiger charge is -2.31. The van der Waals surface area contributed by atoms with Gasteiger partial charge < -0.3 is 14.1 Å². The molecule has 1 amide bonds. The fourth-order valence-electron chi connectivity index (χ4n) is 3.26. The third-order valence-electron chi connectivity index (χ3n) is 4.89. The molecule has 1 aromatic heterocycles. The number of rotatable bonds is 4. The number of hydrogen-bond donors (Lipinski definition) is 0. The van der Waals surface area contributed by atoms with Crippen molar-refractivity contribution in [3.8, 4) is 17.2 Å². The van der Waals surface area contributed by atoms with Gasteiger partial charge in [-0.15, -0.1) is 10.2 Å². The van der Waals surface area contributed by atoms with Crippen LogP contribution in [0.25, 0.3) is 11.5 Å². The number of carbonyl (C=O) groups excluding carboxylic acids is 2. The predicted octanol–water partition coefficient (Wildman–Crippen LogP) is 3.33. The zero-order valence-electron chi connectivity index (χ0n) is 15.5. The molecule has 1 aliphatic heterocycles. The molecule has 1 fully saturated rings. The fraction of sp³-hybridized carbons (Fsp3) is 0.238. The number of carbonyl (C=O) groups is 2. The summed E-state index contributed by atoms with van der Waals surface area (Å²) in [6.07, 6.45) is 2.29. The van der Waals surface area contributed by atoms with Crippen molar-refractivity contribution in [2.75, 3.05) is 13.1 Å². The maximum atomic E-state index is 13.0. The van der Waals surface area contributed by atoms with Gasteiger partial charge in [0.2, 0.25) is 12.3 Å². The molecule has 8 heteroatoms. The summed E-state index contributed by atoms with van der Waals surface area (Å²) in [5.41, 5.74) is 1.17. The van der Waals surface area contributed by atoms with E-state index in [1.54, 1.807) is 29.2 Å². The van der Waals surface area contributed by atoms with Crippen molar-refractivity contribution in [1.29, 1.82) is 0 Å². The molecule has 0 spiro atoms. The van der Waals surface area contributed by atoms with Gasteiger partial charge in [0.25, 0.3) is 5.91 Å². The smallest absolute Gasteiger partial charge is 0.314 e. The number of benzene rings is 2. The number of hydrogen-bond acceptors (Lipinski definition) is 6. The van der Waals surface area contributed by atoms with Crippen LogP contribution in [0, 0.1) is 11.7 Å². The van der Waals surface area contributed by atoms with E-state index in [9.17, 15) is 14.0 Å². The second-order valence-corrected chi connectivity index (χ2v) is 6.76. The molecular formula is C21H18FN3O4. The largest absolute Gasteiger partial charge is 0.426 e. The first-order valence-corrected chi connectivity index (χ1v) is 9.23. The molecular weight excluding hydrogens is 377 g/mol. The van der Waals surface area contributed by atoms with Crippen LogP contribution in [0.1, 0.15) is 23.2 Å². The van der Waals surface area contributed by atoms with Crippen LogP contribution < -0.4 is 4.74 Å². The van der Waals surface area contributed by atoms with Crippen LogP contribution in [0.5, 0.6) is 5.75 Å². The van der Waals surface area contributed by atoms with Crippen LogP contribution in [0.2, 0.25) is 0 Å². The Hall–Kier alpha value is -3.55. The first-order chi connectivity index (χ1) is 14.1. The van der Waals surface area contributed by atoms with Crippen LogP contribution in [0.15, 0.2) is 59.3 Å². The minimum absolute atomic E-state index is 0.159. The topological polar surface area (TPSA) is 85.5 Å². The van der Waals surface area contributed by atoms with Crippen molar-refractivity contribution in [2.24, 2.45) is 5.92 Å². The van der Waals surface area contributed by atoms with Gasteiger partial charge in [-0.1, -0.05) is 0 Å². The van der Waals surface area contributed by atoms with E-state index < -0.39 is 0 Å². The lowest BCUT2D eigenvalue weighted by Crippen LogP contribution is -2.41. The van der Waals surface area contributed by atoms with Crippen molar-refractivity contribution < 1.29 is 23.1 Å². The number of amides is 1. The molecule has 7 nitrogen and oxygen atoms in total. The quantitative estimate of drug-likeness (QED) is 0.498. The normalized spacial score (nSPS) is 14.6. The lowest BCUT2D eigenvalue weighted by molar-refractivity contribution is -0.140. The Morgan fingerprint density at radius 2 is 1.72 bits per heavy atom. The van der Waals surface area contributed by atoms with Gasteiger partial charge in [-0.3, -0.25) is 9.59 Å². The molecule has 0 bridgehead atoms. The molecule has 0 atom stereocenters. The van der Waals surface area contributed by atoms with E-state index in [1.807, 2.05) is 0 Å². The fourth-order valence-corrected chi connectivity index (χ4v) is 3.26. The number of likely N-dealkylation sites (tertiary alicyclic amines) is 1. The van der Waals surface area contributed by atoms with Crippen molar-refractivity contribution in [1.82, 2.24) is 15.1 Å². The molecule has 0 radical (unpaired) electrons. The number of piperidine rings is 1. The minimum atomic E-state index is -0.381. The first kappa shape index (κ1) is 18.8. The molecule has 1 aliphatic rings. The summed E-state index contributed by atoms with van der Waals surface area (Å²) in [5.74, 6) is -0.307. The minimum Gasteiger partial charge on any atom is -0.426 e. The average Bonchev–Trinajstić information content (AvgIpc) is 3.29. The van der Waals surface area contributed by atoms with Crippen LogP contribution >= 0.6 is 0 Å². The van der Waals surface area contributed by atoms with E-state index in [0.717, 1.165) is 5.56 Å². The highest BCUT2D eigenvalue weighted by molar-refractivity contribution is 5.94. The zero-order valence-corrected chi connectivity index (χ0v) is 15.5. The summed E-state index contributed by atoms with van der Waals surface area (Å²) in [6.45, 7) is 0.901. The summed E-state index contributed by atoms with van der Waals surface area (Å²) in [7, 11) is 0. The first-order valence-electron chi connectivity index (χ1n) is 9.23. The monoisotopic (exact) mass is 395 g/mol. The lowest BCUT2D eigenvalue weighted by atomic mass is 9.96. The number of esters is 1. The van der Waals surface area contributed by atoms with Gasteiger partial charge >= 0.3 is 5.97 Å². The third-order valence-corrected chi connectivity index (χ3v) is 4.89. The highest BCUT2D eigenvalue weighted by Gasteiger charge is 2.29. The summed E-state index contributed by atoms with van der Waals surface area (Å²) >= 11 is 0. The van der Waals surface area contributed by atoms with Gasteiger partial charge in [-0.2, -0.15) is 0 Å².